The number of ether oxygens (including phenoxy) is 1. The summed E-state index contributed by atoms with van der Waals surface area (Å²) >= 11 is 0. The first-order valence-electron chi connectivity index (χ1n) is 9.79. The molecule has 8 nitrogen and oxygen atoms in total. The Bertz CT molecular complexity index is 1000. The van der Waals surface area contributed by atoms with E-state index >= 15 is 0 Å². The second-order valence-electron chi connectivity index (χ2n) is 7.72. The lowest BCUT2D eigenvalue weighted by atomic mass is 10.0. The number of halogens is 3. The summed E-state index contributed by atoms with van der Waals surface area (Å²) in [5.74, 6) is -0.693. The second kappa shape index (κ2) is 7.88. The number of amides is 2. The van der Waals surface area contributed by atoms with Crippen LogP contribution in [0.2, 0.25) is 0 Å². The first-order chi connectivity index (χ1) is 14.6. The number of nitrogens with zero attached hydrogens (tertiary/aromatic N) is 4. The van der Waals surface area contributed by atoms with Crippen LogP contribution in [0.1, 0.15) is 25.8 Å². The van der Waals surface area contributed by atoms with Gasteiger partial charge in [-0.1, -0.05) is 6.07 Å². The Balaban J connectivity index is 1.67. The van der Waals surface area contributed by atoms with Gasteiger partial charge in [0.25, 0.3) is 0 Å². The number of aromatic nitrogens is 2. The standard InChI is InChI=1S/C20H21F3N4O4/c1-12-8-25(19(29)30)17-6-13(14-7-24-26(9-14)15-10-31-11-15)2-3-16(17)27(12)18(28)4-5-20(21,22)23/h2-3,6-7,9,12,15H,4-5,8,10-11H2,1H3,(H,29,30)/t12-/m0/s1. The smallest absolute Gasteiger partial charge is 0.411 e. The Hall–Kier alpha value is -3.08. The lowest BCUT2D eigenvalue weighted by Crippen LogP contribution is -2.51. The van der Waals surface area contributed by atoms with Gasteiger partial charge in [-0.15, -0.1) is 0 Å². The molecular formula is C20H21F3N4O4. The van der Waals surface area contributed by atoms with Crippen LogP contribution in [0.25, 0.3) is 11.1 Å². The Morgan fingerprint density at radius 3 is 2.58 bits per heavy atom. The zero-order chi connectivity index (χ0) is 22.3. The molecule has 2 amide bonds. The van der Waals surface area contributed by atoms with E-state index in [4.69, 9.17) is 4.74 Å². The number of fused-ring (bicyclic) bond motifs is 1. The topological polar surface area (TPSA) is 87.9 Å². The number of benzene rings is 1. The lowest BCUT2D eigenvalue weighted by Gasteiger charge is -2.40. The van der Waals surface area contributed by atoms with Gasteiger partial charge in [-0.25, -0.2) is 4.79 Å². The van der Waals surface area contributed by atoms with Crippen molar-refractivity contribution < 1.29 is 32.6 Å². The van der Waals surface area contributed by atoms with Gasteiger partial charge in [0.05, 0.1) is 49.3 Å². The summed E-state index contributed by atoms with van der Waals surface area (Å²) in [6.45, 7) is 2.72. The van der Waals surface area contributed by atoms with E-state index in [0.29, 0.717) is 18.8 Å². The van der Waals surface area contributed by atoms with Crippen LogP contribution in [0.5, 0.6) is 0 Å². The molecule has 1 aromatic heterocycles. The third kappa shape index (κ3) is 4.22. The first-order valence-corrected chi connectivity index (χ1v) is 9.79. The van der Waals surface area contributed by atoms with Gasteiger partial charge in [-0.2, -0.15) is 18.3 Å². The van der Waals surface area contributed by atoms with E-state index in [1.807, 2.05) is 6.20 Å². The maximum atomic E-state index is 12.6. The normalized spacial score (nSPS) is 19.2. The fraction of sp³-hybridized carbons (Fsp3) is 0.450. The Morgan fingerprint density at radius 2 is 1.97 bits per heavy atom. The maximum absolute atomic E-state index is 12.6. The zero-order valence-corrected chi connectivity index (χ0v) is 16.7. The van der Waals surface area contributed by atoms with Crippen molar-refractivity contribution in [2.24, 2.45) is 0 Å². The van der Waals surface area contributed by atoms with Crippen LogP contribution in [-0.4, -0.2) is 58.9 Å². The Labute approximate surface area is 175 Å². The predicted octanol–water partition coefficient (Wildman–Crippen LogP) is 3.68. The van der Waals surface area contributed by atoms with Crippen molar-refractivity contribution in [3.8, 4) is 11.1 Å². The number of rotatable bonds is 4. The van der Waals surface area contributed by atoms with Crippen molar-refractivity contribution in [2.75, 3.05) is 29.6 Å². The van der Waals surface area contributed by atoms with Crippen LogP contribution in [0.4, 0.5) is 29.3 Å². The van der Waals surface area contributed by atoms with Crippen LogP contribution in [0, 0.1) is 0 Å². The predicted molar refractivity (Wildman–Crippen MR) is 105 cm³/mol. The summed E-state index contributed by atoms with van der Waals surface area (Å²) in [5.41, 5.74) is 1.97. The van der Waals surface area contributed by atoms with Gasteiger partial charge in [-0.3, -0.25) is 14.4 Å². The molecule has 166 valence electrons. The SMILES string of the molecule is C[C@H]1CN(C(=O)O)c2cc(-c3cnn(C4COC4)c3)ccc2N1C(=O)CCC(F)(F)F. The van der Waals surface area contributed by atoms with E-state index in [9.17, 15) is 27.9 Å². The van der Waals surface area contributed by atoms with Crippen LogP contribution >= 0.6 is 0 Å². The number of alkyl halides is 3. The molecule has 4 rings (SSSR count). The van der Waals surface area contributed by atoms with E-state index in [1.165, 1.54) is 4.90 Å². The molecule has 1 N–H and O–H groups in total. The molecule has 1 aromatic carbocycles. The molecule has 3 heterocycles. The Kier molecular flexibility index (Phi) is 5.38. The number of hydrogen-bond acceptors (Lipinski definition) is 4. The molecule has 0 spiro atoms. The van der Waals surface area contributed by atoms with Gasteiger partial charge in [0, 0.05) is 24.7 Å². The van der Waals surface area contributed by atoms with Gasteiger partial charge >= 0.3 is 12.3 Å². The minimum atomic E-state index is -4.44. The van der Waals surface area contributed by atoms with E-state index in [2.05, 4.69) is 5.10 Å². The molecule has 1 saturated heterocycles. The lowest BCUT2D eigenvalue weighted by molar-refractivity contribution is -0.143. The average Bonchev–Trinajstić information content (AvgIpc) is 3.12. The highest BCUT2D eigenvalue weighted by atomic mass is 19.4. The minimum Gasteiger partial charge on any atom is -0.465 e. The molecule has 2 aliphatic rings. The van der Waals surface area contributed by atoms with Crippen LogP contribution in [-0.2, 0) is 9.53 Å². The largest absolute Gasteiger partial charge is 0.465 e. The van der Waals surface area contributed by atoms with E-state index < -0.39 is 37.1 Å². The fourth-order valence-corrected chi connectivity index (χ4v) is 3.80. The molecule has 2 aromatic rings. The minimum absolute atomic E-state index is 0.0395. The molecule has 1 atom stereocenters. The fourth-order valence-electron chi connectivity index (χ4n) is 3.80. The zero-order valence-electron chi connectivity index (χ0n) is 16.7. The molecule has 11 heteroatoms. The molecule has 0 bridgehead atoms. The van der Waals surface area contributed by atoms with Gasteiger partial charge < -0.3 is 14.7 Å². The van der Waals surface area contributed by atoms with Crippen molar-refractivity contribution in [1.29, 1.82) is 0 Å². The van der Waals surface area contributed by atoms with Crippen molar-refractivity contribution in [3.63, 3.8) is 0 Å². The summed E-state index contributed by atoms with van der Waals surface area (Å²) < 4.78 is 44.7. The van der Waals surface area contributed by atoms with Gasteiger partial charge in [-0.05, 0) is 24.6 Å². The highest BCUT2D eigenvalue weighted by Crippen LogP contribution is 2.39. The molecular weight excluding hydrogens is 417 g/mol. The number of carbonyl (C=O) groups excluding carboxylic acids is 1. The summed E-state index contributed by atoms with van der Waals surface area (Å²) in [4.78, 5) is 26.8. The van der Waals surface area contributed by atoms with Crippen LogP contribution < -0.4 is 9.80 Å². The molecule has 31 heavy (non-hydrogen) atoms. The first kappa shape index (κ1) is 21.2. The number of anilines is 2. The summed E-state index contributed by atoms with van der Waals surface area (Å²) in [7, 11) is 0. The van der Waals surface area contributed by atoms with Crippen molar-refractivity contribution in [2.45, 2.75) is 38.0 Å². The summed E-state index contributed by atoms with van der Waals surface area (Å²) in [6, 6.07) is 4.46. The molecule has 0 aliphatic carbocycles. The second-order valence-corrected chi connectivity index (χ2v) is 7.72. The van der Waals surface area contributed by atoms with Gasteiger partial charge in [0.2, 0.25) is 5.91 Å². The van der Waals surface area contributed by atoms with Crippen molar-refractivity contribution in [1.82, 2.24) is 9.78 Å². The number of carboxylic acid groups (broad SMARTS) is 1. The maximum Gasteiger partial charge on any atom is 0.411 e. The average molecular weight is 438 g/mol. The van der Waals surface area contributed by atoms with Crippen LogP contribution in [0.3, 0.4) is 0 Å². The van der Waals surface area contributed by atoms with E-state index in [-0.39, 0.29) is 24.0 Å². The van der Waals surface area contributed by atoms with E-state index in [0.717, 1.165) is 10.5 Å². The van der Waals surface area contributed by atoms with Crippen molar-refractivity contribution in [3.05, 3.63) is 30.6 Å². The molecule has 0 radical (unpaired) electrons. The van der Waals surface area contributed by atoms with Crippen molar-refractivity contribution >= 4 is 23.4 Å². The Morgan fingerprint density at radius 1 is 1.23 bits per heavy atom. The molecule has 2 aliphatic heterocycles. The van der Waals surface area contributed by atoms with Gasteiger partial charge in [0.1, 0.15) is 0 Å². The molecule has 0 unspecified atom stereocenters. The number of hydrogen-bond donors (Lipinski definition) is 1. The highest BCUT2D eigenvalue weighted by Gasteiger charge is 2.37. The number of carbonyl (C=O) groups is 2. The molecule has 1 fully saturated rings. The van der Waals surface area contributed by atoms with Gasteiger partial charge in [0.15, 0.2) is 0 Å². The third-order valence-corrected chi connectivity index (χ3v) is 5.46. The summed E-state index contributed by atoms with van der Waals surface area (Å²) in [5, 5.41) is 14.0. The quantitative estimate of drug-likeness (QED) is 0.787. The highest BCUT2D eigenvalue weighted by molar-refractivity contribution is 6.03. The van der Waals surface area contributed by atoms with E-state index in [1.54, 1.807) is 36.0 Å². The molecule has 0 saturated carbocycles. The monoisotopic (exact) mass is 438 g/mol. The third-order valence-electron chi connectivity index (χ3n) is 5.46. The van der Waals surface area contributed by atoms with Crippen LogP contribution in [0.15, 0.2) is 30.6 Å². The summed E-state index contributed by atoms with van der Waals surface area (Å²) in [6.07, 6.45) is -4.08.